The molecule has 39 heavy (non-hydrogen) atoms. The summed E-state index contributed by atoms with van der Waals surface area (Å²) in [7, 11) is 0. The molecule has 190 valence electrons. The number of urea groups is 1. The van der Waals surface area contributed by atoms with Gasteiger partial charge in [-0.15, -0.1) is 11.3 Å². The van der Waals surface area contributed by atoms with Crippen LogP contribution in [0.1, 0.15) is 26.4 Å². The van der Waals surface area contributed by atoms with Crippen molar-refractivity contribution in [2.24, 2.45) is 0 Å². The van der Waals surface area contributed by atoms with Crippen molar-refractivity contribution in [2.45, 2.75) is 13.0 Å². The van der Waals surface area contributed by atoms with Crippen LogP contribution < -0.4 is 10.2 Å². The summed E-state index contributed by atoms with van der Waals surface area (Å²) in [6.45, 7) is 0.845. The van der Waals surface area contributed by atoms with E-state index in [1.54, 1.807) is 15.9 Å². The van der Waals surface area contributed by atoms with Gasteiger partial charge in [0.1, 0.15) is 11.1 Å². The molecule has 0 saturated carbocycles. The Kier molecular flexibility index (Phi) is 6.54. The Bertz CT molecular complexity index is 1680. The van der Waals surface area contributed by atoms with Gasteiger partial charge in [-0.1, -0.05) is 72.8 Å². The second-order valence-corrected chi connectivity index (χ2v) is 10.4. The Morgan fingerprint density at radius 3 is 2.18 bits per heavy atom. The molecule has 1 N–H and O–H groups in total. The number of nitrogens with zero attached hydrogens (tertiary/aromatic N) is 3. The van der Waals surface area contributed by atoms with E-state index in [2.05, 4.69) is 11.4 Å². The average molecular weight is 529 g/mol. The number of carbonyl (C=O) groups excluding carboxylic acids is 2. The number of fused-ring (bicyclic) bond motifs is 2. The molecule has 0 bridgehead atoms. The predicted octanol–water partition coefficient (Wildman–Crippen LogP) is 7.34. The second kappa shape index (κ2) is 10.4. The maximum atomic E-state index is 13.9. The molecule has 6 rings (SSSR count). The molecule has 7 heteroatoms. The molecule has 5 aromatic rings. The molecule has 1 aliphatic rings. The number of amides is 3. The number of thiophene rings is 1. The lowest BCUT2D eigenvalue weighted by molar-refractivity contribution is 0.102. The zero-order chi connectivity index (χ0) is 26.8. The first kappa shape index (κ1) is 24.4. The standard InChI is InChI=1S/C32H24N4O2S/c33-20-28-26-18-19-35(32(38)36(23-12-3-1-4-13-23)24-14-5-2-6-15-24)21-29(26)39-31(28)34-30(37)27-17-9-11-22-10-7-8-16-25(22)27/h1-17H,18-19,21H2,(H,34,37). The maximum absolute atomic E-state index is 13.9. The van der Waals surface area contributed by atoms with Crippen LogP contribution in [-0.4, -0.2) is 23.4 Å². The van der Waals surface area contributed by atoms with Crippen LogP contribution in [0.5, 0.6) is 0 Å². The monoisotopic (exact) mass is 528 g/mol. The molecule has 2 heterocycles. The molecular weight excluding hydrogens is 504 g/mol. The summed E-state index contributed by atoms with van der Waals surface area (Å²) >= 11 is 1.37. The first-order chi connectivity index (χ1) is 19.1. The smallest absolute Gasteiger partial charge is 0.319 e. The van der Waals surface area contributed by atoms with Crippen LogP contribution >= 0.6 is 11.3 Å². The largest absolute Gasteiger partial charge is 0.329 e. The topological polar surface area (TPSA) is 76.4 Å². The van der Waals surface area contributed by atoms with E-state index >= 15 is 0 Å². The van der Waals surface area contributed by atoms with E-state index in [0.29, 0.717) is 35.6 Å². The highest BCUT2D eigenvalue weighted by molar-refractivity contribution is 7.16. The zero-order valence-electron chi connectivity index (χ0n) is 21.0. The number of nitrogens with one attached hydrogen (secondary N) is 1. The lowest BCUT2D eigenvalue weighted by Crippen LogP contribution is -2.43. The summed E-state index contributed by atoms with van der Waals surface area (Å²) in [5, 5.41) is 15.3. The molecular formula is C32H24N4O2S. The summed E-state index contributed by atoms with van der Waals surface area (Å²) in [4.78, 5) is 31.6. The summed E-state index contributed by atoms with van der Waals surface area (Å²) in [6, 6.07) is 34.7. The molecule has 0 unspecified atom stereocenters. The van der Waals surface area contributed by atoms with Crippen molar-refractivity contribution in [1.29, 1.82) is 5.26 Å². The van der Waals surface area contributed by atoms with Crippen molar-refractivity contribution in [3.63, 3.8) is 0 Å². The van der Waals surface area contributed by atoms with Gasteiger partial charge in [0.2, 0.25) is 0 Å². The third kappa shape index (κ3) is 4.63. The van der Waals surface area contributed by atoms with E-state index in [9.17, 15) is 14.9 Å². The Balaban J connectivity index is 1.28. The highest BCUT2D eigenvalue weighted by atomic mass is 32.1. The fraction of sp³-hybridized carbons (Fsp3) is 0.0938. The third-order valence-electron chi connectivity index (χ3n) is 6.92. The lowest BCUT2D eigenvalue weighted by atomic mass is 10.0. The number of anilines is 3. The van der Waals surface area contributed by atoms with Crippen LogP contribution in [0.25, 0.3) is 10.8 Å². The number of para-hydroxylation sites is 2. The number of carbonyl (C=O) groups is 2. The minimum absolute atomic E-state index is 0.133. The van der Waals surface area contributed by atoms with Gasteiger partial charge in [-0.05, 0) is 53.1 Å². The van der Waals surface area contributed by atoms with Gasteiger partial charge in [-0.2, -0.15) is 5.26 Å². The number of hydrogen-bond donors (Lipinski definition) is 1. The zero-order valence-corrected chi connectivity index (χ0v) is 21.8. The quantitative estimate of drug-likeness (QED) is 0.265. The average Bonchev–Trinajstić information content (AvgIpc) is 3.34. The Labute approximate surface area is 230 Å². The van der Waals surface area contributed by atoms with E-state index in [1.165, 1.54) is 11.3 Å². The first-order valence-electron chi connectivity index (χ1n) is 12.7. The van der Waals surface area contributed by atoms with Crippen molar-refractivity contribution in [1.82, 2.24) is 4.90 Å². The molecule has 1 aromatic heterocycles. The van der Waals surface area contributed by atoms with Crippen LogP contribution in [0.4, 0.5) is 21.2 Å². The summed E-state index contributed by atoms with van der Waals surface area (Å²) in [6.07, 6.45) is 0.544. The molecule has 0 atom stereocenters. The third-order valence-corrected chi connectivity index (χ3v) is 8.05. The summed E-state index contributed by atoms with van der Waals surface area (Å²) in [5.74, 6) is -0.255. The predicted molar refractivity (Wildman–Crippen MR) is 155 cm³/mol. The van der Waals surface area contributed by atoms with Crippen LogP contribution in [0.15, 0.2) is 103 Å². The first-order valence-corrected chi connectivity index (χ1v) is 13.5. The molecule has 1 aliphatic heterocycles. The number of hydrogen-bond acceptors (Lipinski definition) is 4. The molecule has 4 aromatic carbocycles. The number of rotatable bonds is 4. The summed E-state index contributed by atoms with van der Waals surface area (Å²) < 4.78 is 0. The molecule has 0 aliphatic carbocycles. The number of benzene rings is 4. The fourth-order valence-electron chi connectivity index (χ4n) is 5.03. The van der Waals surface area contributed by atoms with Crippen molar-refractivity contribution in [2.75, 3.05) is 16.8 Å². The van der Waals surface area contributed by atoms with Gasteiger partial charge in [-0.3, -0.25) is 9.69 Å². The second-order valence-electron chi connectivity index (χ2n) is 9.26. The van der Waals surface area contributed by atoms with Gasteiger partial charge in [0.25, 0.3) is 5.91 Å². The minimum atomic E-state index is -0.255. The highest BCUT2D eigenvalue weighted by Crippen LogP contribution is 2.38. The Morgan fingerprint density at radius 2 is 1.49 bits per heavy atom. The van der Waals surface area contributed by atoms with Crippen LogP contribution in [-0.2, 0) is 13.0 Å². The van der Waals surface area contributed by atoms with Crippen LogP contribution in [0.2, 0.25) is 0 Å². The van der Waals surface area contributed by atoms with Gasteiger partial charge in [-0.25, -0.2) is 4.79 Å². The van der Waals surface area contributed by atoms with Gasteiger partial charge < -0.3 is 10.2 Å². The van der Waals surface area contributed by atoms with Gasteiger partial charge >= 0.3 is 6.03 Å². The van der Waals surface area contributed by atoms with E-state index in [4.69, 9.17) is 0 Å². The fourth-order valence-corrected chi connectivity index (χ4v) is 6.24. The molecule has 0 saturated heterocycles. The normalized spacial score (nSPS) is 12.4. The van der Waals surface area contributed by atoms with E-state index in [1.807, 2.05) is 97.1 Å². The highest BCUT2D eigenvalue weighted by Gasteiger charge is 2.31. The van der Waals surface area contributed by atoms with Crippen molar-refractivity contribution < 1.29 is 9.59 Å². The van der Waals surface area contributed by atoms with Crippen LogP contribution in [0, 0.1) is 11.3 Å². The van der Waals surface area contributed by atoms with E-state index in [0.717, 1.165) is 32.6 Å². The van der Waals surface area contributed by atoms with Gasteiger partial charge in [0.15, 0.2) is 0 Å². The maximum Gasteiger partial charge on any atom is 0.329 e. The van der Waals surface area contributed by atoms with Crippen molar-refractivity contribution in [3.05, 3.63) is 125 Å². The Hall–Kier alpha value is -4.93. The van der Waals surface area contributed by atoms with E-state index in [-0.39, 0.29) is 11.9 Å². The number of nitriles is 1. The molecule has 3 amide bonds. The van der Waals surface area contributed by atoms with Gasteiger partial charge in [0, 0.05) is 17.0 Å². The molecule has 6 nitrogen and oxygen atoms in total. The molecule has 0 radical (unpaired) electrons. The molecule has 0 spiro atoms. The van der Waals surface area contributed by atoms with Crippen LogP contribution in [0.3, 0.4) is 0 Å². The van der Waals surface area contributed by atoms with E-state index < -0.39 is 0 Å². The Morgan fingerprint density at radius 1 is 0.846 bits per heavy atom. The SMILES string of the molecule is N#Cc1c(NC(=O)c2cccc3ccccc23)sc2c1CCN(C(=O)N(c1ccccc1)c1ccccc1)C2. The van der Waals surface area contributed by atoms with Crippen molar-refractivity contribution in [3.8, 4) is 6.07 Å². The minimum Gasteiger partial charge on any atom is -0.319 e. The van der Waals surface area contributed by atoms with Crippen molar-refractivity contribution >= 4 is 50.4 Å². The van der Waals surface area contributed by atoms with Gasteiger partial charge in [0.05, 0.1) is 23.5 Å². The summed E-state index contributed by atoms with van der Waals surface area (Å²) in [5.41, 5.74) is 3.52. The molecule has 0 fully saturated rings. The lowest BCUT2D eigenvalue weighted by Gasteiger charge is -2.33.